The monoisotopic (exact) mass is 328 g/mol. The number of H-pyrrole nitrogens is 1. The largest absolute Gasteiger partial charge is 0.446 e. The van der Waals surface area contributed by atoms with Crippen LogP contribution in [0.1, 0.15) is 11.3 Å². The van der Waals surface area contributed by atoms with Gasteiger partial charge in [0.25, 0.3) is 5.56 Å². The van der Waals surface area contributed by atoms with Crippen molar-refractivity contribution in [3.63, 3.8) is 0 Å². The van der Waals surface area contributed by atoms with Crippen molar-refractivity contribution in [2.45, 2.75) is 16.8 Å². The van der Waals surface area contributed by atoms with E-state index in [-0.39, 0.29) is 40.1 Å². The maximum atomic E-state index is 12.2. The first-order chi connectivity index (χ1) is 10.4. The molecule has 0 unspecified atom stereocenters. The molecule has 10 heteroatoms. The van der Waals surface area contributed by atoms with Crippen LogP contribution in [-0.4, -0.2) is 25.8 Å². The summed E-state index contributed by atoms with van der Waals surface area (Å²) in [5.41, 5.74) is -3.63. The van der Waals surface area contributed by atoms with Crippen LogP contribution in [0.4, 0.5) is 13.2 Å². The lowest BCUT2D eigenvalue weighted by molar-refractivity contribution is -0.0328. The van der Waals surface area contributed by atoms with Gasteiger partial charge < -0.3 is 0 Å². The van der Waals surface area contributed by atoms with Crippen LogP contribution >= 0.6 is 11.8 Å². The molecule has 1 aromatic carbocycles. The molecule has 0 fully saturated rings. The highest BCUT2D eigenvalue weighted by Gasteiger charge is 2.29. The molecule has 0 amide bonds. The summed E-state index contributed by atoms with van der Waals surface area (Å²) in [5, 5.41) is 6.98. The zero-order valence-corrected chi connectivity index (χ0v) is 11.5. The molecule has 0 radical (unpaired) electrons. The predicted molar refractivity (Wildman–Crippen MR) is 71.4 cm³/mol. The summed E-state index contributed by atoms with van der Waals surface area (Å²) in [7, 11) is 0. The van der Waals surface area contributed by atoms with Crippen LogP contribution in [0.25, 0.3) is 11.3 Å². The highest BCUT2D eigenvalue weighted by molar-refractivity contribution is 8.00. The smallest absolute Gasteiger partial charge is 0.299 e. The van der Waals surface area contributed by atoms with Crippen molar-refractivity contribution in [2.24, 2.45) is 0 Å². The van der Waals surface area contributed by atoms with E-state index < -0.39 is 11.1 Å². The van der Waals surface area contributed by atoms with E-state index in [0.717, 1.165) is 0 Å². The van der Waals surface area contributed by atoms with Gasteiger partial charge in [0, 0.05) is 11.3 Å². The minimum Gasteiger partial charge on any atom is -0.299 e. The van der Waals surface area contributed by atoms with Gasteiger partial charge in [0.1, 0.15) is 5.69 Å². The van der Waals surface area contributed by atoms with Crippen molar-refractivity contribution in [2.75, 3.05) is 0 Å². The Morgan fingerprint density at radius 3 is 2.59 bits per heavy atom. The number of hydrogen-bond donors (Lipinski definition) is 1. The second kappa shape index (κ2) is 5.44. The molecule has 3 rings (SSSR count). The van der Waals surface area contributed by atoms with Crippen LogP contribution in [-0.2, 0) is 6.42 Å². The first-order valence-electron chi connectivity index (χ1n) is 5.97. The van der Waals surface area contributed by atoms with Crippen LogP contribution in [0.2, 0.25) is 0 Å². The summed E-state index contributed by atoms with van der Waals surface area (Å²) in [6.45, 7) is 0. The molecule has 0 aliphatic rings. The van der Waals surface area contributed by atoms with E-state index in [9.17, 15) is 18.0 Å². The van der Waals surface area contributed by atoms with E-state index in [1.165, 1.54) is 24.3 Å². The molecule has 0 aliphatic heterocycles. The summed E-state index contributed by atoms with van der Waals surface area (Å²) in [6.07, 6.45) is 0.162. The lowest BCUT2D eigenvalue weighted by Gasteiger charge is -2.06. The van der Waals surface area contributed by atoms with E-state index in [4.69, 9.17) is 0 Å². The Labute approximate surface area is 124 Å². The van der Waals surface area contributed by atoms with Crippen molar-refractivity contribution in [1.82, 2.24) is 20.3 Å². The Morgan fingerprint density at radius 1 is 1.18 bits per heavy atom. The van der Waals surface area contributed by atoms with E-state index in [1.54, 1.807) is 0 Å². The fourth-order valence-electron chi connectivity index (χ4n) is 1.82. The molecule has 3 aromatic rings. The number of rotatable bonds is 3. The lowest BCUT2D eigenvalue weighted by atomic mass is 10.1. The van der Waals surface area contributed by atoms with Crippen molar-refractivity contribution >= 4 is 23.1 Å². The molecule has 0 spiro atoms. The molecule has 0 saturated carbocycles. The normalized spacial score (nSPS) is 12.0. The summed E-state index contributed by atoms with van der Waals surface area (Å²) in [5.74, 6) is 0. The number of alkyl halides is 3. The Balaban J connectivity index is 1.82. The lowest BCUT2D eigenvalue weighted by Crippen LogP contribution is -2.15. The molecule has 1 N–H and O–H groups in total. The van der Waals surface area contributed by atoms with Crippen molar-refractivity contribution in [3.05, 3.63) is 45.9 Å². The molecular formula is C12H7F3N4O2S. The molecule has 2 heterocycles. The van der Waals surface area contributed by atoms with Crippen molar-refractivity contribution in [3.8, 4) is 0 Å². The molecule has 114 valence electrons. The molecule has 0 bridgehead atoms. The second-order valence-corrected chi connectivity index (χ2v) is 5.46. The summed E-state index contributed by atoms with van der Waals surface area (Å²) < 4.78 is 41.2. The molecule has 6 nitrogen and oxygen atoms in total. The molecular weight excluding hydrogens is 321 g/mol. The van der Waals surface area contributed by atoms with E-state index >= 15 is 0 Å². The third-order valence-electron chi connectivity index (χ3n) is 2.73. The van der Waals surface area contributed by atoms with Gasteiger partial charge in [0.15, 0.2) is 0 Å². The van der Waals surface area contributed by atoms with Gasteiger partial charge in [-0.15, -0.1) is 0 Å². The minimum absolute atomic E-state index is 0.0780. The molecule has 0 aliphatic carbocycles. The van der Waals surface area contributed by atoms with E-state index in [0.29, 0.717) is 5.56 Å². The Bertz CT molecular complexity index is 857. The van der Waals surface area contributed by atoms with Gasteiger partial charge >= 0.3 is 5.51 Å². The molecule has 0 saturated heterocycles. The van der Waals surface area contributed by atoms with Crippen LogP contribution in [0, 0.1) is 0 Å². The maximum Gasteiger partial charge on any atom is 0.446 e. The quantitative estimate of drug-likeness (QED) is 0.744. The van der Waals surface area contributed by atoms with Crippen molar-refractivity contribution in [1.29, 1.82) is 0 Å². The van der Waals surface area contributed by atoms with Gasteiger partial charge in [-0.3, -0.25) is 9.78 Å². The average molecular weight is 328 g/mol. The number of nitrogens with one attached hydrogen (secondary N) is 1. The third-order valence-corrected chi connectivity index (χ3v) is 3.47. The second-order valence-electron chi connectivity index (χ2n) is 4.32. The molecule has 22 heavy (non-hydrogen) atoms. The third kappa shape index (κ3) is 3.27. The Morgan fingerprint density at radius 2 is 1.91 bits per heavy atom. The van der Waals surface area contributed by atoms with Crippen LogP contribution in [0.5, 0.6) is 0 Å². The number of fused-ring (bicyclic) bond motifs is 1. The first kappa shape index (κ1) is 14.6. The number of aromatic amines is 1. The van der Waals surface area contributed by atoms with Gasteiger partial charge in [-0.05, 0) is 39.8 Å². The maximum absolute atomic E-state index is 12.2. The summed E-state index contributed by atoms with van der Waals surface area (Å²) >= 11 is -0.192. The van der Waals surface area contributed by atoms with Gasteiger partial charge in [0.05, 0.1) is 0 Å². The molecule has 0 atom stereocenters. The van der Waals surface area contributed by atoms with Gasteiger partial charge in [-0.25, -0.2) is 9.61 Å². The predicted octanol–water partition coefficient (Wildman–Crippen LogP) is 2.51. The van der Waals surface area contributed by atoms with E-state index in [2.05, 4.69) is 24.9 Å². The zero-order valence-electron chi connectivity index (χ0n) is 10.7. The topological polar surface area (TPSA) is 84.7 Å². The number of aromatic nitrogens is 4. The fourth-order valence-corrected chi connectivity index (χ4v) is 2.36. The SMILES string of the molecule is O=c1[nH]c2nonc2nc1Cc1ccc(SC(F)(F)F)cc1. The standard InChI is InChI=1S/C12H7F3N4O2S/c13-12(14,15)22-7-3-1-6(2-4-7)5-8-11(20)17-10-9(16-8)18-21-19-10/h1-4H,5H2,(H,17,19,20). The van der Waals surface area contributed by atoms with Gasteiger partial charge in [-0.2, -0.15) is 13.2 Å². The number of halogens is 3. The number of benzene rings is 1. The summed E-state index contributed by atoms with van der Waals surface area (Å²) in [6, 6.07) is 5.72. The number of thioether (sulfide) groups is 1. The van der Waals surface area contributed by atoms with Crippen molar-refractivity contribution < 1.29 is 17.8 Å². The summed E-state index contributed by atoms with van der Waals surface area (Å²) in [4.78, 5) is 18.4. The Hall–Kier alpha value is -2.36. The number of hydrogen-bond acceptors (Lipinski definition) is 6. The highest BCUT2D eigenvalue weighted by Crippen LogP contribution is 2.36. The van der Waals surface area contributed by atoms with Gasteiger partial charge in [0.2, 0.25) is 11.3 Å². The van der Waals surface area contributed by atoms with E-state index in [1.807, 2.05) is 0 Å². The molecule has 2 aromatic heterocycles. The average Bonchev–Trinajstić information content (AvgIpc) is 2.87. The van der Waals surface area contributed by atoms with Crippen LogP contribution in [0.15, 0.2) is 38.6 Å². The highest BCUT2D eigenvalue weighted by atomic mass is 32.2. The van der Waals surface area contributed by atoms with Gasteiger partial charge in [-0.1, -0.05) is 12.1 Å². The Kier molecular flexibility index (Phi) is 3.61. The minimum atomic E-state index is -4.33. The van der Waals surface area contributed by atoms with Crippen LogP contribution < -0.4 is 5.56 Å². The zero-order chi connectivity index (χ0) is 15.7. The first-order valence-corrected chi connectivity index (χ1v) is 6.78. The fraction of sp³-hybridized carbons (Fsp3) is 0.167. The van der Waals surface area contributed by atoms with Crippen LogP contribution in [0.3, 0.4) is 0 Å². The number of nitrogens with zero attached hydrogens (tertiary/aromatic N) is 3.